The Morgan fingerprint density at radius 2 is 2.00 bits per heavy atom. The van der Waals surface area contributed by atoms with Crippen LogP contribution in [0.1, 0.15) is 6.42 Å². The van der Waals surface area contributed by atoms with Crippen molar-refractivity contribution in [1.29, 1.82) is 0 Å². The normalized spacial score (nSPS) is 25.9. The van der Waals surface area contributed by atoms with Gasteiger partial charge in [-0.05, 0) is 13.0 Å². The Kier molecular flexibility index (Phi) is 8.75. The number of halogens is 2. The van der Waals surface area contributed by atoms with Crippen LogP contribution in [0.3, 0.4) is 0 Å². The molecule has 1 heterocycles. The minimum absolute atomic E-state index is 0. The van der Waals surface area contributed by atoms with Gasteiger partial charge >= 0.3 is 0 Å². The van der Waals surface area contributed by atoms with Gasteiger partial charge in [0.15, 0.2) is 0 Å². The van der Waals surface area contributed by atoms with E-state index in [1.54, 1.807) is 0 Å². The summed E-state index contributed by atoms with van der Waals surface area (Å²) >= 11 is 0. The van der Waals surface area contributed by atoms with Gasteiger partial charge in [-0.25, -0.2) is 0 Å². The molecule has 8 heavy (non-hydrogen) atoms. The summed E-state index contributed by atoms with van der Waals surface area (Å²) in [5.41, 5.74) is 5.47. The van der Waals surface area contributed by atoms with Crippen LogP contribution in [-0.4, -0.2) is 19.1 Å². The summed E-state index contributed by atoms with van der Waals surface area (Å²) < 4.78 is 0. The molecule has 0 bridgehead atoms. The molecular formula is C4H12Br2N2. The van der Waals surface area contributed by atoms with Gasteiger partial charge in [0.1, 0.15) is 0 Å². The Morgan fingerprint density at radius 1 is 1.38 bits per heavy atom. The van der Waals surface area contributed by atoms with Gasteiger partial charge in [-0.1, -0.05) is 0 Å². The maximum Gasteiger partial charge on any atom is 0.0177 e. The van der Waals surface area contributed by atoms with Crippen molar-refractivity contribution >= 4 is 34.0 Å². The number of nitrogens with two attached hydrogens (primary N) is 1. The summed E-state index contributed by atoms with van der Waals surface area (Å²) in [5, 5.41) is 3.15. The molecule has 1 saturated heterocycles. The van der Waals surface area contributed by atoms with Gasteiger partial charge in [0.2, 0.25) is 0 Å². The minimum Gasteiger partial charge on any atom is -0.327 e. The predicted molar refractivity (Wildman–Crippen MR) is 46.1 cm³/mol. The van der Waals surface area contributed by atoms with Crippen LogP contribution in [0.15, 0.2) is 0 Å². The van der Waals surface area contributed by atoms with Gasteiger partial charge in [0.25, 0.3) is 0 Å². The van der Waals surface area contributed by atoms with Gasteiger partial charge in [-0.15, -0.1) is 34.0 Å². The van der Waals surface area contributed by atoms with Crippen LogP contribution < -0.4 is 11.1 Å². The van der Waals surface area contributed by atoms with E-state index in [0.717, 1.165) is 19.5 Å². The molecule has 0 saturated carbocycles. The number of nitrogens with one attached hydrogen (secondary N) is 1. The number of rotatable bonds is 0. The molecule has 0 aliphatic carbocycles. The lowest BCUT2D eigenvalue weighted by molar-refractivity contribution is 0.742. The Bertz CT molecular complexity index is 45.3. The number of hydrogen-bond donors (Lipinski definition) is 2. The first-order valence-corrected chi connectivity index (χ1v) is 2.36. The standard InChI is InChI=1S/C4H10N2.2BrH/c5-4-1-2-6-3-4;;/h4,6H,1-3,5H2;2*1H. The molecule has 0 spiro atoms. The zero-order chi connectivity index (χ0) is 4.41. The number of hydrogen-bond acceptors (Lipinski definition) is 2. The lowest BCUT2D eigenvalue weighted by Crippen LogP contribution is -2.21. The maximum absolute atomic E-state index is 5.47. The average Bonchev–Trinajstić information content (AvgIpc) is 1.86. The second-order valence-electron chi connectivity index (χ2n) is 1.75. The molecule has 4 heteroatoms. The van der Waals surface area contributed by atoms with Crippen molar-refractivity contribution in [2.24, 2.45) is 5.73 Å². The smallest absolute Gasteiger partial charge is 0.0177 e. The second-order valence-corrected chi connectivity index (χ2v) is 1.75. The lowest BCUT2D eigenvalue weighted by Gasteiger charge is -1.91. The van der Waals surface area contributed by atoms with Crippen molar-refractivity contribution < 1.29 is 0 Å². The fourth-order valence-electron chi connectivity index (χ4n) is 0.677. The third kappa shape index (κ3) is 3.83. The summed E-state index contributed by atoms with van der Waals surface area (Å²) in [6.45, 7) is 2.13. The fraction of sp³-hybridized carbons (Fsp3) is 1.00. The Labute approximate surface area is 70.7 Å². The van der Waals surface area contributed by atoms with Gasteiger partial charge in [0.05, 0.1) is 0 Å². The molecule has 0 amide bonds. The summed E-state index contributed by atoms with van der Waals surface area (Å²) in [4.78, 5) is 0. The van der Waals surface area contributed by atoms with E-state index in [2.05, 4.69) is 5.32 Å². The molecule has 3 N–H and O–H groups in total. The quantitative estimate of drug-likeness (QED) is 0.653. The van der Waals surface area contributed by atoms with Crippen LogP contribution in [0.4, 0.5) is 0 Å². The van der Waals surface area contributed by atoms with Crippen LogP contribution in [0.25, 0.3) is 0 Å². The molecule has 1 atom stereocenters. The van der Waals surface area contributed by atoms with Crippen molar-refractivity contribution in [3.8, 4) is 0 Å². The van der Waals surface area contributed by atoms with Gasteiger partial charge < -0.3 is 11.1 Å². The van der Waals surface area contributed by atoms with Crippen molar-refractivity contribution in [1.82, 2.24) is 5.32 Å². The molecule has 1 unspecified atom stereocenters. The minimum atomic E-state index is 0. The second kappa shape index (κ2) is 6.01. The molecule has 1 rings (SSSR count). The molecule has 0 radical (unpaired) electrons. The first-order valence-electron chi connectivity index (χ1n) is 2.36. The first-order chi connectivity index (χ1) is 2.89. The van der Waals surface area contributed by atoms with Crippen molar-refractivity contribution in [3.05, 3.63) is 0 Å². The van der Waals surface area contributed by atoms with Crippen LogP contribution in [0.2, 0.25) is 0 Å². The van der Waals surface area contributed by atoms with E-state index < -0.39 is 0 Å². The van der Waals surface area contributed by atoms with E-state index in [-0.39, 0.29) is 34.0 Å². The van der Waals surface area contributed by atoms with E-state index in [0.29, 0.717) is 6.04 Å². The van der Waals surface area contributed by atoms with E-state index in [4.69, 9.17) is 5.73 Å². The largest absolute Gasteiger partial charge is 0.327 e. The molecule has 1 aliphatic rings. The van der Waals surface area contributed by atoms with E-state index in [1.165, 1.54) is 0 Å². The monoisotopic (exact) mass is 246 g/mol. The predicted octanol–water partition coefficient (Wildman–Crippen LogP) is 0.463. The Morgan fingerprint density at radius 3 is 2.12 bits per heavy atom. The summed E-state index contributed by atoms with van der Waals surface area (Å²) in [6, 6.07) is 0.435. The average molecular weight is 248 g/mol. The van der Waals surface area contributed by atoms with Gasteiger partial charge in [-0.3, -0.25) is 0 Å². The first kappa shape index (κ1) is 11.6. The van der Waals surface area contributed by atoms with Gasteiger partial charge in [0, 0.05) is 12.6 Å². The molecule has 0 aromatic carbocycles. The van der Waals surface area contributed by atoms with Crippen molar-refractivity contribution in [2.45, 2.75) is 12.5 Å². The highest BCUT2D eigenvalue weighted by Crippen LogP contribution is 1.90. The maximum atomic E-state index is 5.47. The zero-order valence-corrected chi connectivity index (χ0v) is 8.02. The van der Waals surface area contributed by atoms with Crippen LogP contribution in [0, 0.1) is 0 Å². The highest BCUT2D eigenvalue weighted by molar-refractivity contribution is 8.93. The fourth-order valence-corrected chi connectivity index (χ4v) is 0.677. The lowest BCUT2D eigenvalue weighted by atomic mass is 10.3. The van der Waals surface area contributed by atoms with Crippen LogP contribution in [-0.2, 0) is 0 Å². The van der Waals surface area contributed by atoms with E-state index >= 15 is 0 Å². The topological polar surface area (TPSA) is 38.0 Å². The Balaban J connectivity index is 0. The highest BCUT2D eigenvalue weighted by Gasteiger charge is 2.06. The summed E-state index contributed by atoms with van der Waals surface area (Å²) in [7, 11) is 0. The highest BCUT2D eigenvalue weighted by atomic mass is 79.9. The van der Waals surface area contributed by atoms with E-state index in [9.17, 15) is 0 Å². The van der Waals surface area contributed by atoms with Crippen LogP contribution in [0.5, 0.6) is 0 Å². The molecule has 0 aromatic rings. The molecule has 1 fully saturated rings. The zero-order valence-electron chi connectivity index (χ0n) is 4.59. The third-order valence-corrected chi connectivity index (χ3v) is 1.10. The molecule has 1 aliphatic heterocycles. The third-order valence-electron chi connectivity index (χ3n) is 1.10. The van der Waals surface area contributed by atoms with Crippen molar-refractivity contribution in [3.63, 3.8) is 0 Å². The van der Waals surface area contributed by atoms with Crippen molar-refractivity contribution in [2.75, 3.05) is 13.1 Å². The van der Waals surface area contributed by atoms with Gasteiger partial charge in [-0.2, -0.15) is 0 Å². The van der Waals surface area contributed by atoms with E-state index in [1.807, 2.05) is 0 Å². The molecular weight excluding hydrogens is 236 g/mol. The molecule has 2 nitrogen and oxygen atoms in total. The Hall–Kier alpha value is 0.880. The SMILES string of the molecule is Br.Br.NC1CCNC1. The molecule has 52 valence electrons. The molecule has 0 aromatic heterocycles. The summed E-state index contributed by atoms with van der Waals surface area (Å²) in [5.74, 6) is 0. The van der Waals surface area contributed by atoms with Crippen LogP contribution >= 0.6 is 34.0 Å². The summed E-state index contributed by atoms with van der Waals surface area (Å²) in [6.07, 6.45) is 1.15.